The third-order valence-corrected chi connectivity index (χ3v) is 10.9. The fraction of sp³-hybridized carbons (Fsp3) is 0.654. The zero-order chi connectivity index (χ0) is 22.0. The maximum Gasteiger partial charge on any atom is 1.00 e. The molecule has 4 atom stereocenters. The van der Waals surface area contributed by atoms with Crippen molar-refractivity contribution in [2.45, 2.75) is 85.9 Å². The van der Waals surface area contributed by atoms with Gasteiger partial charge in [0.2, 0.25) is 0 Å². The number of nitrogens with one attached hydrogen (secondary N) is 1. The van der Waals surface area contributed by atoms with Gasteiger partial charge in [0.15, 0.2) is 0 Å². The van der Waals surface area contributed by atoms with Crippen molar-refractivity contribution < 1.29 is 18.9 Å². The number of benzene rings is 1. The van der Waals surface area contributed by atoms with Crippen molar-refractivity contribution in [2.24, 2.45) is 11.8 Å². The standard InChI is InChI=1S/C26H43N2Si.Li/c1-15-16(2)18(4)21-14-23-22(13-20(21)17(15)3)24(28(9)10)19(5)25(23)29(11,12)27-26(6,7)8;/h13-18,27H,1-12H3;/q-1;+1. The van der Waals surface area contributed by atoms with Crippen LogP contribution in [0.4, 0.5) is 5.69 Å². The summed E-state index contributed by atoms with van der Waals surface area (Å²) in [7, 11) is 2.56. The van der Waals surface area contributed by atoms with E-state index < -0.39 is 8.24 Å². The fourth-order valence-corrected chi connectivity index (χ4v) is 10.1. The summed E-state index contributed by atoms with van der Waals surface area (Å²) < 4.78 is 0. The molecular weight excluding hydrogens is 375 g/mol. The first-order chi connectivity index (χ1) is 13.2. The third kappa shape index (κ3) is 4.21. The second-order valence-electron chi connectivity index (χ2n) is 11.6. The molecule has 0 spiro atoms. The Morgan fingerprint density at radius 1 is 0.933 bits per heavy atom. The summed E-state index contributed by atoms with van der Waals surface area (Å²) in [6, 6.07) is 5.14. The van der Waals surface area contributed by atoms with Gasteiger partial charge in [-0.1, -0.05) is 64.5 Å². The van der Waals surface area contributed by atoms with Crippen molar-refractivity contribution in [1.82, 2.24) is 4.98 Å². The van der Waals surface area contributed by atoms with E-state index in [1.54, 1.807) is 16.3 Å². The Hall–Kier alpha value is -0.596. The molecule has 4 heteroatoms. The molecule has 1 aliphatic rings. The number of nitrogens with zero attached hydrogens (tertiary/aromatic N) is 1. The summed E-state index contributed by atoms with van der Waals surface area (Å²) in [6.45, 7) is 24.0. The predicted octanol–water partition coefficient (Wildman–Crippen LogP) is 3.23. The molecule has 0 fully saturated rings. The maximum absolute atomic E-state index is 4.03. The molecule has 2 aromatic carbocycles. The molecule has 4 unspecified atom stereocenters. The predicted molar refractivity (Wildman–Crippen MR) is 134 cm³/mol. The topological polar surface area (TPSA) is 15.3 Å². The summed E-state index contributed by atoms with van der Waals surface area (Å²) in [5.74, 6) is 2.68. The van der Waals surface area contributed by atoms with Crippen LogP contribution in [0.5, 0.6) is 0 Å². The molecule has 2 aromatic rings. The quantitative estimate of drug-likeness (QED) is 0.608. The van der Waals surface area contributed by atoms with Crippen LogP contribution in [0, 0.1) is 18.8 Å². The van der Waals surface area contributed by atoms with E-state index in [2.05, 4.69) is 105 Å². The molecule has 2 nitrogen and oxygen atoms in total. The Balaban J connectivity index is 0.00000320. The van der Waals surface area contributed by atoms with Gasteiger partial charge in [0.25, 0.3) is 0 Å². The van der Waals surface area contributed by atoms with Crippen LogP contribution in [0.2, 0.25) is 13.1 Å². The minimum absolute atomic E-state index is 0. The Bertz CT molecular complexity index is 919. The molecule has 0 heterocycles. The molecule has 0 saturated heterocycles. The Kier molecular flexibility index (Phi) is 7.18. The molecule has 0 aliphatic heterocycles. The Labute approximate surface area is 198 Å². The number of hydrogen-bond donors (Lipinski definition) is 1. The Morgan fingerprint density at radius 2 is 1.40 bits per heavy atom. The fourth-order valence-electron chi connectivity index (χ4n) is 6.21. The van der Waals surface area contributed by atoms with Crippen LogP contribution in [-0.2, 0) is 0 Å². The zero-order valence-corrected chi connectivity index (χ0v) is 22.9. The van der Waals surface area contributed by atoms with Gasteiger partial charge in [-0.25, -0.2) is 0 Å². The first-order valence-electron chi connectivity index (χ1n) is 11.4. The van der Waals surface area contributed by atoms with E-state index in [0.29, 0.717) is 11.8 Å². The van der Waals surface area contributed by atoms with Crippen LogP contribution in [0.3, 0.4) is 0 Å². The van der Waals surface area contributed by atoms with Crippen molar-refractivity contribution in [3.63, 3.8) is 0 Å². The second-order valence-corrected chi connectivity index (χ2v) is 15.6. The van der Waals surface area contributed by atoms with Crippen LogP contribution in [-0.4, -0.2) is 27.9 Å². The number of fused-ring (bicyclic) bond motifs is 2. The normalized spacial score (nSPS) is 24.5. The average molecular weight is 419 g/mol. The summed E-state index contributed by atoms with van der Waals surface area (Å²) in [6.07, 6.45) is 0. The summed E-state index contributed by atoms with van der Waals surface area (Å²) >= 11 is 0. The van der Waals surface area contributed by atoms with E-state index in [9.17, 15) is 0 Å². The molecule has 1 N–H and O–H groups in total. The van der Waals surface area contributed by atoms with Crippen molar-refractivity contribution in [3.8, 4) is 0 Å². The van der Waals surface area contributed by atoms with E-state index in [0.717, 1.165) is 11.8 Å². The monoisotopic (exact) mass is 418 g/mol. The van der Waals surface area contributed by atoms with Crippen molar-refractivity contribution in [3.05, 3.63) is 28.8 Å². The van der Waals surface area contributed by atoms with E-state index in [-0.39, 0.29) is 24.4 Å². The second kappa shape index (κ2) is 8.40. The van der Waals surface area contributed by atoms with Gasteiger partial charge in [0.05, 0.1) is 0 Å². The average Bonchev–Trinajstić information content (AvgIpc) is 2.86. The van der Waals surface area contributed by atoms with Crippen molar-refractivity contribution >= 4 is 29.9 Å². The summed E-state index contributed by atoms with van der Waals surface area (Å²) in [5.41, 5.74) is 6.18. The summed E-state index contributed by atoms with van der Waals surface area (Å²) in [5, 5.41) is 4.55. The zero-order valence-electron chi connectivity index (χ0n) is 21.9. The Morgan fingerprint density at radius 3 is 1.83 bits per heavy atom. The molecule has 0 amide bonds. The van der Waals surface area contributed by atoms with Gasteiger partial charge in [-0.3, -0.25) is 0 Å². The van der Waals surface area contributed by atoms with E-state index in [1.165, 1.54) is 22.0 Å². The van der Waals surface area contributed by atoms with E-state index in [4.69, 9.17) is 0 Å². The van der Waals surface area contributed by atoms with Gasteiger partial charge < -0.3 is 9.88 Å². The molecule has 30 heavy (non-hydrogen) atoms. The first-order valence-corrected chi connectivity index (χ1v) is 14.4. The van der Waals surface area contributed by atoms with Gasteiger partial charge >= 0.3 is 18.9 Å². The SMILES string of the molecule is Cc1c(N(C)C)c2cc3c(cc2[c-]1[Si](C)(C)NC(C)(C)C)C(C)C(C)C(C)C3C.[Li+]. The van der Waals surface area contributed by atoms with Crippen molar-refractivity contribution in [2.75, 3.05) is 19.0 Å². The summed E-state index contributed by atoms with van der Waals surface area (Å²) in [4.78, 5) is 6.36. The van der Waals surface area contributed by atoms with Crippen LogP contribution < -0.4 is 33.9 Å². The van der Waals surface area contributed by atoms with Gasteiger partial charge in [-0.15, -0.1) is 33.7 Å². The number of rotatable bonds is 3. The molecule has 3 rings (SSSR count). The number of anilines is 1. The largest absolute Gasteiger partial charge is 1.00 e. The van der Waals surface area contributed by atoms with Crippen molar-refractivity contribution in [1.29, 1.82) is 0 Å². The van der Waals surface area contributed by atoms with Gasteiger partial charge in [0, 0.05) is 5.54 Å². The third-order valence-electron chi connectivity index (χ3n) is 7.63. The van der Waals surface area contributed by atoms with Gasteiger partial charge in [0.1, 0.15) is 8.24 Å². The van der Waals surface area contributed by atoms with Gasteiger partial charge in [-0.2, -0.15) is 0 Å². The molecule has 0 bridgehead atoms. The molecule has 0 saturated carbocycles. The molecule has 162 valence electrons. The molecule has 0 aromatic heterocycles. The van der Waals surface area contributed by atoms with Crippen LogP contribution in [0.15, 0.2) is 12.1 Å². The maximum atomic E-state index is 4.03. The first kappa shape index (κ1) is 25.7. The minimum Gasteiger partial charge on any atom is -0.422 e. The molecule has 1 aliphatic carbocycles. The minimum atomic E-state index is -1.84. The van der Waals surface area contributed by atoms with Crippen LogP contribution >= 0.6 is 0 Å². The van der Waals surface area contributed by atoms with E-state index >= 15 is 0 Å². The van der Waals surface area contributed by atoms with Crippen LogP contribution in [0.1, 0.15) is 77.0 Å². The molecule has 0 radical (unpaired) electrons. The smallest absolute Gasteiger partial charge is 0.422 e. The molecular formula is C26H43LiN2Si. The van der Waals surface area contributed by atoms with E-state index in [1.807, 2.05) is 0 Å². The number of hydrogen-bond acceptors (Lipinski definition) is 2. The van der Waals surface area contributed by atoms with Gasteiger partial charge in [-0.05, 0) is 58.5 Å². The van der Waals surface area contributed by atoms with Crippen LogP contribution in [0.25, 0.3) is 10.8 Å².